The van der Waals surface area contributed by atoms with Gasteiger partial charge in [-0.15, -0.1) is 10.2 Å². The number of nitrogens with zero attached hydrogens (tertiary/aromatic N) is 4. The second kappa shape index (κ2) is 3.75. The van der Waals surface area contributed by atoms with Crippen LogP contribution >= 0.6 is 0 Å². The Morgan fingerprint density at radius 3 is 2.81 bits per heavy atom. The topological polar surface area (TPSA) is 59.5 Å². The first-order chi connectivity index (χ1) is 7.84. The molecule has 16 heavy (non-hydrogen) atoms. The molecule has 1 saturated heterocycles. The van der Waals surface area contributed by atoms with E-state index >= 15 is 0 Å². The van der Waals surface area contributed by atoms with Crippen LogP contribution in [0.4, 0.5) is 5.95 Å². The minimum absolute atomic E-state index is 0.343. The molecule has 3 heterocycles. The monoisotopic (exact) mass is 217 g/mol. The van der Waals surface area contributed by atoms with Crippen molar-refractivity contribution in [1.82, 2.24) is 14.6 Å². The number of rotatable bonds is 1. The summed E-state index contributed by atoms with van der Waals surface area (Å²) < 4.78 is 2.02. The first kappa shape index (κ1) is 9.59. The van der Waals surface area contributed by atoms with Crippen molar-refractivity contribution in [1.29, 1.82) is 0 Å². The van der Waals surface area contributed by atoms with E-state index in [1.54, 1.807) is 0 Å². The lowest BCUT2D eigenvalue weighted by Crippen LogP contribution is -2.40. The first-order valence-corrected chi connectivity index (χ1v) is 5.65. The average Bonchev–Trinajstić information content (AvgIpc) is 2.74. The minimum atomic E-state index is 0.343. The lowest BCUT2D eigenvalue weighted by atomic mass is 10.1. The van der Waals surface area contributed by atoms with Crippen molar-refractivity contribution < 1.29 is 0 Å². The molecule has 0 unspecified atom stereocenters. The maximum Gasteiger partial charge on any atom is 0.231 e. The van der Waals surface area contributed by atoms with E-state index in [0.717, 1.165) is 37.5 Å². The summed E-state index contributed by atoms with van der Waals surface area (Å²) in [5, 5.41) is 8.40. The molecule has 0 amide bonds. The average molecular weight is 217 g/mol. The van der Waals surface area contributed by atoms with Gasteiger partial charge in [-0.2, -0.15) is 0 Å². The number of anilines is 1. The molecule has 1 aliphatic heterocycles. The van der Waals surface area contributed by atoms with Crippen LogP contribution in [0.3, 0.4) is 0 Å². The van der Waals surface area contributed by atoms with Crippen molar-refractivity contribution in [3.8, 4) is 0 Å². The van der Waals surface area contributed by atoms with Gasteiger partial charge in [0.25, 0.3) is 0 Å². The van der Waals surface area contributed by atoms with Gasteiger partial charge < -0.3 is 10.6 Å². The smallest absolute Gasteiger partial charge is 0.231 e. The van der Waals surface area contributed by atoms with Crippen LogP contribution in [0.2, 0.25) is 0 Å². The number of fused-ring (bicyclic) bond motifs is 1. The summed E-state index contributed by atoms with van der Waals surface area (Å²) in [5.41, 5.74) is 6.79. The van der Waals surface area contributed by atoms with Crippen molar-refractivity contribution in [2.75, 3.05) is 18.0 Å². The number of piperidine rings is 1. The van der Waals surface area contributed by atoms with Crippen LogP contribution < -0.4 is 10.6 Å². The van der Waals surface area contributed by atoms with Crippen LogP contribution in [0.5, 0.6) is 0 Å². The Kier molecular flexibility index (Phi) is 2.25. The summed E-state index contributed by atoms with van der Waals surface area (Å²) >= 11 is 0. The molecule has 5 nitrogen and oxygen atoms in total. The summed E-state index contributed by atoms with van der Waals surface area (Å²) in [6, 6.07) is 6.28. The van der Waals surface area contributed by atoms with Crippen LogP contribution in [0.15, 0.2) is 24.4 Å². The highest BCUT2D eigenvalue weighted by atomic mass is 15.4. The maximum atomic E-state index is 5.89. The molecular weight excluding hydrogens is 202 g/mol. The highest BCUT2D eigenvalue weighted by Crippen LogP contribution is 2.17. The zero-order valence-corrected chi connectivity index (χ0v) is 9.08. The van der Waals surface area contributed by atoms with Gasteiger partial charge in [-0.25, -0.2) is 0 Å². The molecule has 0 spiro atoms. The summed E-state index contributed by atoms with van der Waals surface area (Å²) in [4.78, 5) is 2.25. The molecule has 0 bridgehead atoms. The van der Waals surface area contributed by atoms with Crippen LogP contribution in [0.25, 0.3) is 5.65 Å². The van der Waals surface area contributed by atoms with Gasteiger partial charge in [-0.3, -0.25) is 4.40 Å². The van der Waals surface area contributed by atoms with E-state index in [-0.39, 0.29) is 0 Å². The quantitative estimate of drug-likeness (QED) is 0.762. The van der Waals surface area contributed by atoms with E-state index in [4.69, 9.17) is 5.73 Å². The van der Waals surface area contributed by atoms with E-state index in [1.165, 1.54) is 0 Å². The Morgan fingerprint density at radius 2 is 2.00 bits per heavy atom. The zero-order chi connectivity index (χ0) is 11.0. The summed E-state index contributed by atoms with van der Waals surface area (Å²) in [5.74, 6) is 0.933. The number of pyridine rings is 1. The van der Waals surface area contributed by atoms with Gasteiger partial charge in [0.1, 0.15) is 0 Å². The SMILES string of the molecule is NC1CCN(c2nnc3ccccn23)CC1. The Labute approximate surface area is 93.9 Å². The molecular formula is C11H15N5. The van der Waals surface area contributed by atoms with Gasteiger partial charge in [-0.05, 0) is 25.0 Å². The molecule has 0 aromatic carbocycles. The van der Waals surface area contributed by atoms with E-state index in [0.29, 0.717) is 6.04 Å². The number of hydrogen-bond acceptors (Lipinski definition) is 4. The van der Waals surface area contributed by atoms with Crippen molar-refractivity contribution in [2.24, 2.45) is 5.73 Å². The fourth-order valence-electron chi connectivity index (χ4n) is 2.14. The molecule has 2 aromatic heterocycles. The van der Waals surface area contributed by atoms with Gasteiger partial charge in [0.15, 0.2) is 5.65 Å². The summed E-state index contributed by atoms with van der Waals surface area (Å²) in [7, 11) is 0. The largest absolute Gasteiger partial charge is 0.341 e. The normalized spacial score (nSPS) is 18.2. The molecule has 84 valence electrons. The van der Waals surface area contributed by atoms with Gasteiger partial charge in [0, 0.05) is 25.3 Å². The number of nitrogens with two attached hydrogens (primary N) is 1. The summed E-state index contributed by atoms with van der Waals surface area (Å²) in [6.07, 6.45) is 4.06. The van der Waals surface area contributed by atoms with Crippen LogP contribution in [-0.4, -0.2) is 33.7 Å². The van der Waals surface area contributed by atoms with Gasteiger partial charge in [0.05, 0.1) is 0 Å². The van der Waals surface area contributed by atoms with E-state index in [9.17, 15) is 0 Å². The second-order valence-electron chi connectivity index (χ2n) is 4.25. The third-order valence-electron chi connectivity index (χ3n) is 3.12. The van der Waals surface area contributed by atoms with E-state index in [2.05, 4.69) is 15.1 Å². The lowest BCUT2D eigenvalue weighted by Gasteiger charge is -2.29. The third-order valence-corrected chi connectivity index (χ3v) is 3.12. The first-order valence-electron chi connectivity index (χ1n) is 5.65. The lowest BCUT2D eigenvalue weighted by molar-refractivity contribution is 0.494. The highest BCUT2D eigenvalue weighted by molar-refractivity contribution is 5.46. The Hall–Kier alpha value is -1.62. The molecule has 0 saturated carbocycles. The molecule has 0 aliphatic carbocycles. The van der Waals surface area contributed by atoms with E-state index in [1.807, 2.05) is 28.8 Å². The predicted octanol–water partition coefficient (Wildman–Crippen LogP) is 0.657. The highest BCUT2D eigenvalue weighted by Gasteiger charge is 2.19. The minimum Gasteiger partial charge on any atom is -0.341 e. The Balaban J connectivity index is 1.94. The Morgan fingerprint density at radius 1 is 1.19 bits per heavy atom. The van der Waals surface area contributed by atoms with Gasteiger partial charge >= 0.3 is 0 Å². The molecule has 5 heteroatoms. The van der Waals surface area contributed by atoms with Crippen molar-refractivity contribution in [2.45, 2.75) is 18.9 Å². The van der Waals surface area contributed by atoms with Crippen molar-refractivity contribution in [3.05, 3.63) is 24.4 Å². The summed E-state index contributed by atoms with van der Waals surface area (Å²) in [6.45, 7) is 1.94. The number of aromatic nitrogens is 3. The predicted molar refractivity (Wildman–Crippen MR) is 62.4 cm³/mol. The fourth-order valence-corrected chi connectivity index (χ4v) is 2.14. The van der Waals surface area contributed by atoms with Crippen molar-refractivity contribution in [3.63, 3.8) is 0 Å². The second-order valence-corrected chi connectivity index (χ2v) is 4.25. The van der Waals surface area contributed by atoms with Crippen LogP contribution in [0.1, 0.15) is 12.8 Å². The third kappa shape index (κ3) is 1.53. The molecule has 0 radical (unpaired) electrons. The molecule has 2 aromatic rings. The fraction of sp³-hybridized carbons (Fsp3) is 0.455. The maximum absolute atomic E-state index is 5.89. The van der Waals surface area contributed by atoms with E-state index < -0.39 is 0 Å². The van der Waals surface area contributed by atoms with Gasteiger partial charge in [0.2, 0.25) is 5.95 Å². The molecule has 2 N–H and O–H groups in total. The van der Waals surface area contributed by atoms with Crippen molar-refractivity contribution >= 4 is 11.6 Å². The Bertz CT molecular complexity index is 484. The zero-order valence-electron chi connectivity index (χ0n) is 9.08. The molecule has 1 fully saturated rings. The van der Waals surface area contributed by atoms with Crippen LogP contribution in [0, 0.1) is 0 Å². The van der Waals surface area contributed by atoms with Crippen LogP contribution in [-0.2, 0) is 0 Å². The molecule has 0 atom stereocenters. The van der Waals surface area contributed by atoms with Gasteiger partial charge in [-0.1, -0.05) is 6.07 Å². The number of hydrogen-bond donors (Lipinski definition) is 1. The molecule has 1 aliphatic rings. The standard InChI is InChI=1S/C11H15N5/c12-9-4-7-15(8-5-9)11-14-13-10-3-1-2-6-16(10)11/h1-3,6,9H,4-5,7-8,12H2. The molecule has 3 rings (SSSR count).